The fourth-order valence-corrected chi connectivity index (χ4v) is 1.15. The Bertz CT molecular complexity index is 251. The molecule has 1 aromatic carbocycles. The minimum absolute atomic E-state index is 0.738. The van der Waals surface area contributed by atoms with Crippen molar-refractivity contribution in [1.29, 1.82) is 0 Å². The highest BCUT2D eigenvalue weighted by molar-refractivity contribution is 9.10. The van der Waals surface area contributed by atoms with Crippen molar-refractivity contribution in [2.75, 3.05) is 21.3 Å². The maximum atomic E-state index is 7.00. The van der Waals surface area contributed by atoms with Crippen LogP contribution < -0.4 is 9.47 Å². The van der Waals surface area contributed by atoms with Gasteiger partial charge in [0, 0.05) is 11.6 Å². The van der Waals surface area contributed by atoms with Gasteiger partial charge in [0.05, 0.1) is 14.2 Å². The first-order valence-corrected chi connectivity index (χ1v) is 4.39. The highest BCUT2D eigenvalue weighted by atomic mass is 79.9. The van der Waals surface area contributed by atoms with E-state index < -0.39 is 0 Å². The molecule has 0 saturated carbocycles. The maximum Gasteiger partial charge on any atom is 0.161 e. The largest absolute Gasteiger partial charge is 0.493 e. The smallest absolute Gasteiger partial charge is 0.161 e. The molecule has 0 unspecified atom stereocenters. The highest BCUT2D eigenvalue weighted by Gasteiger charge is 2.01. The van der Waals surface area contributed by atoms with Crippen LogP contribution in [-0.2, 0) is 0 Å². The first-order valence-electron chi connectivity index (χ1n) is 3.60. The number of rotatable bonds is 2. The van der Waals surface area contributed by atoms with E-state index in [4.69, 9.17) is 14.6 Å². The van der Waals surface area contributed by atoms with E-state index in [1.165, 1.54) is 0 Å². The van der Waals surface area contributed by atoms with Gasteiger partial charge in [-0.2, -0.15) is 0 Å². The summed E-state index contributed by atoms with van der Waals surface area (Å²) in [6, 6.07) is 5.61. The van der Waals surface area contributed by atoms with E-state index in [1.54, 1.807) is 14.2 Å². The van der Waals surface area contributed by atoms with E-state index in [0.717, 1.165) is 23.1 Å². The third-order valence-electron chi connectivity index (χ3n) is 1.35. The summed E-state index contributed by atoms with van der Waals surface area (Å²) in [6.07, 6.45) is 0. The van der Waals surface area contributed by atoms with Gasteiger partial charge in [-0.25, -0.2) is 0 Å². The first-order chi connectivity index (χ1) is 6.27. The molecule has 0 atom stereocenters. The van der Waals surface area contributed by atoms with Crippen molar-refractivity contribution in [1.82, 2.24) is 0 Å². The SMILES string of the molecule is CO.COc1ccc(Br)cc1OC. The predicted molar refractivity (Wildman–Crippen MR) is 55.4 cm³/mol. The Labute approximate surface area is 86.4 Å². The molecule has 3 nitrogen and oxygen atoms in total. The number of aliphatic hydroxyl groups excluding tert-OH is 1. The van der Waals surface area contributed by atoms with Gasteiger partial charge in [0.25, 0.3) is 0 Å². The van der Waals surface area contributed by atoms with Crippen molar-refractivity contribution in [3.63, 3.8) is 0 Å². The molecule has 0 fully saturated rings. The molecule has 0 saturated heterocycles. The van der Waals surface area contributed by atoms with E-state index in [2.05, 4.69) is 15.9 Å². The van der Waals surface area contributed by atoms with Crippen LogP contribution in [0.4, 0.5) is 0 Å². The van der Waals surface area contributed by atoms with Crippen molar-refractivity contribution < 1.29 is 14.6 Å². The van der Waals surface area contributed by atoms with Crippen LogP contribution in [-0.4, -0.2) is 26.4 Å². The van der Waals surface area contributed by atoms with E-state index >= 15 is 0 Å². The molecular formula is C9H13BrO3. The summed E-state index contributed by atoms with van der Waals surface area (Å²) in [5.74, 6) is 1.48. The lowest BCUT2D eigenvalue weighted by Gasteiger charge is -2.06. The van der Waals surface area contributed by atoms with Gasteiger partial charge in [-0.3, -0.25) is 0 Å². The average molecular weight is 249 g/mol. The highest BCUT2D eigenvalue weighted by Crippen LogP contribution is 2.29. The van der Waals surface area contributed by atoms with Gasteiger partial charge in [0.2, 0.25) is 0 Å². The Morgan fingerprint density at radius 3 is 2.08 bits per heavy atom. The number of benzene rings is 1. The minimum Gasteiger partial charge on any atom is -0.493 e. The molecule has 0 amide bonds. The fraction of sp³-hybridized carbons (Fsp3) is 0.333. The molecule has 0 radical (unpaired) electrons. The number of hydrogen-bond donors (Lipinski definition) is 1. The molecule has 74 valence electrons. The quantitative estimate of drug-likeness (QED) is 0.872. The molecule has 0 aliphatic carbocycles. The second-order valence-corrected chi connectivity index (χ2v) is 2.91. The Hall–Kier alpha value is -0.740. The Balaban J connectivity index is 0.000000671. The number of halogens is 1. The molecule has 1 aromatic rings. The normalized spacial score (nSPS) is 8.38. The van der Waals surface area contributed by atoms with Gasteiger partial charge in [0.15, 0.2) is 11.5 Å². The lowest BCUT2D eigenvalue weighted by atomic mass is 10.3. The number of aliphatic hydroxyl groups is 1. The van der Waals surface area contributed by atoms with Crippen molar-refractivity contribution in [3.05, 3.63) is 22.7 Å². The second kappa shape index (κ2) is 6.74. The third-order valence-corrected chi connectivity index (χ3v) is 1.84. The molecule has 0 bridgehead atoms. The minimum atomic E-state index is 0.738. The summed E-state index contributed by atoms with van der Waals surface area (Å²) in [7, 11) is 4.23. The van der Waals surface area contributed by atoms with Gasteiger partial charge in [-0.15, -0.1) is 0 Å². The van der Waals surface area contributed by atoms with Crippen LogP contribution in [0.1, 0.15) is 0 Å². The Morgan fingerprint density at radius 2 is 1.62 bits per heavy atom. The summed E-state index contributed by atoms with van der Waals surface area (Å²) in [5.41, 5.74) is 0. The molecule has 0 aliphatic rings. The predicted octanol–water partition coefficient (Wildman–Crippen LogP) is 2.07. The van der Waals surface area contributed by atoms with Crippen LogP contribution >= 0.6 is 15.9 Å². The molecular weight excluding hydrogens is 236 g/mol. The van der Waals surface area contributed by atoms with Crippen LogP contribution in [0.25, 0.3) is 0 Å². The standard InChI is InChI=1S/C8H9BrO2.CH4O/c1-10-7-4-3-6(9)5-8(7)11-2;1-2/h3-5H,1-2H3;2H,1H3. The van der Waals surface area contributed by atoms with Crippen molar-refractivity contribution >= 4 is 15.9 Å². The van der Waals surface area contributed by atoms with Crippen molar-refractivity contribution in [3.8, 4) is 11.5 Å². The zero-order valence-corrected chi connectivity index (χ0v) is 9.46. The first kappa shape index (κ1) is 12.3. The molecule has 0 spiro atoms. The fourth-order valence-electron chi connectivity index (χ4n) is 0.810. The number of ether oxygens (including phenoxy) is 2. The maximum absolute atomic E-state index is 7.00. The van der Waals surface area contributed by atoms with E-state index in [-0.39, 0.29) is 0 Å². The molecule has 0 heterocycles. The Morgan fingerprint density at radius 1 is 1.08 bits per heavy atom. The van der Waals surface area contributed by atoms with Gasteiger partial charge >= 0.3 is 0 Å². The molecule has 0 aliphatic heterocycles. The summed E-state index contributed by atoms with van der Waals surface area (Å²) in [4.78, 5) is 0. The van der Waals surface area contributed by atoms with Crippen LogP contribution in [0.3, 0.4) is 0 Å². The topological polar surface area (TPSA) is 38.7 Å². The summed E-state index contributed by atoms with van der Waals surface area (Å²) in [5, 5.41) is 7.00. The monoisotopic (exact) mass is 248 g/mol. The third kappa shape index (κ3) is 3.65. The van der Waals surface area contributed by atoms with E-state index in [9.17, 15) is 0 Å². The summed E-state index contributed by atoms with van der Waals surface area (Å²) < 4.78 is 11.1. The van der Waals surface area contributed by atoms with Gasteiger partial charge in [-0.1, -0.05) is 15.9 Å². The van der Waals surface area contributed by atoms with Gasteiger partial charge in [0.1, 0.15) is 0 Å². The average Bonchev–Trinajstić information content (AvgIpc) is 2.20. The van der Waals surface area contributed by atoms with Gasteiger partial charge < -0.3 is 14.6 Å². The zero-order chi connectivity index (χ0) is 10.3. The molecule has 13 heavy (non-hydrogen) atoms. The summed E-state index contributed by atoms with van der Waals surface area (Å²) in [6.45, 7) is 0. The lowest BCUT2D eigenvalue weighted by molar-refractivity contribution is 0.354. The Kier molecular flexibility index (Phi) is 6.36. The number of methoxy groups -OCH3 is 2. The van der Waals surface area contributed by atoms with Crippen LogP contribution in [0.5, 0.6) is 11.5 Å². The number of hydrogen-bond acceptors (Lipinski definition) is 3. The van der Waals surface area contributed by atoms with E-state index in [0.29, 0.717) is 0 Å². The molecule has 1 N–H and O–H groups in total. The van der Waals surface area contributed by atoms with Crippen LogP contribution in [0.15, 0.2) is 22.7 Å². The second-order valence-electron chi connectivity index (χ2n) is 2.00. The van der Waals surface area contributed by atoms with E-state index in [1.807, 2.05) is 18.2 Å². The van der Waals surface area contributed by atoms with Gasteiger partial charge in [-0.05, 0) is 18.2 Å². The van der Waals surface area contributed by atoms with Crippen molar-refractivity contribution in [2.24, 2.45) is 0 Å². The molecule has 4 heteroatoms. The van der Waals surface area contributed by atoms with Crippen LogP contribution in [0.2, 0.25) is 0 Å². The van der Waals surface area contributed by atoms with Crippen LogP contribution in [0, 0.1) is 0 Å². The van der Waals surface area contributed by atoms with Crippen molar-refractivity contribution in [2.45, 2.75) is 0 Å². The lowest BCUT2D eigenvalue weighted by Crippen LogP contribution is -1.89. The summed E-state index contributed by atoms with van der Waals surface area (Å²) >= 11 is 3.33. The molecule has 0 aromatic heterocycles. The zero-order valence-electron chi connectivity index (χ0n) is 7.87. The molecule has 1 rings (SSSR count).